The number of aliphatic carboxylic acids is 1. The normalized spacial score (nSPS) is 12.9. The summed E-state index contributed by atoms with van der Waals surface area (Å²) in [6.45, 7) is 0.0890. The first-order valence-electron chi connectivity index (χ1n) is 10.9. The lowest BCUT2D eigenvalue weighted by Gasteiger charge is -2.19. The van der Waals surface area contributed by atoms with Gasteiger partial charge in [-0.2, -0.15) is 0 Å². The van der Waals surface area contributed by atoms with E-state index in [4.69, 9.17) is 9.84 Å². The number of hydrogen-bond donors (Lipinski definition) is 3. The van der Waals surface area contributed by atoms with Crippen molar-refractivity contribution in [1.29, 1.82) is 0 Å². The third-order valence-corrected chi connectivity index (χ3v) is 6.64. The molecular weight excluding hydrogens is 580 g/mol. The van der Waals surface area contributed by atoms with E-state index in [9.17, 15) is 14.4 Å². The van der Waals surface area contributed by atoms with E-state index < -0.39 is 24.0 Å². The van der Waals surface area contributed by atoms with Crippen LogP contribution in [0.4, 0.5) is 10.5 Å². The number of rotatable bonds is 8. The maximum atomic E-state index is 12.9. The largest absolute Gasteiger partial charge is 0.481 e. The van der Waals surface area contributed by atoms with E-state index in [0.717, 1.165) is 31.2 Å². The van der Waals surface area contributed by atoms with Crippen molar-refractivity contribution < 1.29 is 24.2 Å². The van der Waals surface area contributed by atoms with E-state index in [1.165, 1.54) is 0 Å². The predicted molar refractivity (Wildman–Crippen MR) is 139 cm³/mol. The van der Waals surface area contributed by atoms with Crippen LogP contribution in [0.1, 0.15) is 29.9 Å². The van der Waals surface area contributed by atoms with Crippen molar-refractivity contribution in [3.8, 4) is 11.1 Å². The Labute approximate surface area is 219 Å². The number of anilines is 1. The molecule has 9 heteroatoms. The van der Waals surface area contributed by atoms with Gasteiger partial charge in [0.2, 0.25) is 5.91 Å². The minimum atomic E-state index is -1.08. The molecule has 0 fully saturated rings. The fourth-order valence-corrected chi connectivity index (χ4v) is 5.47. The second-order valence-electron chi connectivity index (χ2n) is 8.10. The molecule has 3 aromatic rings. The number of carboxylic acid groups (broad SMARTS) is 1. The fourth-order valence-electron chi connectivity index (χ4n) is 4.17. The predicted octanol–water partition coefficient (Wildman–Crippen LogP) is 5.92. The maximum Gasteiger partial charge on any atom is 0.407 e. The number of fused-ring (bicyclic) bond motifs is 3. The number of carboxylic acids is 1. The van der Waals surface area contributed by atoms with Crippen molar-refractivity contribution in [2.45, 2.75) is 24.8 Å². The molecule has 7 nitrogen and oxygen atoms in total. The summed E-state index contributed by atoms with van der Waals surface area (Å²) in [6.07, 6.45) is -1.16. The summed E-state index contributed by atoms with van der Waals surface area (Å²) in [7, 11) is 0. The van der Waals surface area contributed by atoms with E-state index in [1.54, 1.807) is 12.1 Å². The number of hydrogen-bond acceptors (Lipinski definition) is 4. The molecule has 1 unspecified atom stereocenters. The van der Waals surface area contributed by atoms with Gasteiger partial charge in [0, 0.05) is 27.0 Å². The molecule has 0 aromatic heterocycles. The second kappa shape index (κ2) is 11.0. The van der Waals surface area contributed by atoms with Crippen LogP contribution < -0.4 is 10.6 Å². The van der Waals surface area contributed by atoms with Gasteiger partial charge in [-0.1, -0.05) is 80.4 Å². The second-order valence-corrected chi connectivity index (χ2v) is 9.93. The Kier molecular flexibility index (Phi) is 7.87. The van der Waals surface area contributed by atoms with Gasteiger partial charge in [0.05, 0.1) is 0 Å². The monoisotopic (exact) mass is 600 g/mol. The van der Waals surface area contributed by atoms with Gasteiger partial charge < -0.3 is 20.5 Å². The topological polar surface area (TPSA) is 105 Å². The summed E-state index contributed by atoms with van der Waals surface area (Å²) in [6, 6.07) is 20.1. The highest BCUT2D eigenvalue weighted by Crippen LogP contribution is 2.44. The first-order chi connectivity index (χ1) is 16.8. The van der Waals surface area contributed by atoms with Crippen LogP contribution >= 0.6 is 31.9 Å². The molecule has 0 saturated heterocycles. The van der Waals surface area contributed by atoms with Crippen LogP contribution in [0.2, 0.25) is 0 Å². The number of amides is 2. The zero-order valence-corrected chi connectivity index (χ0v) is 21.6. The number of carbonyl (C=O) groups is 3. The lowest BCUT2D eigenvalue weighted by atomic mass is 9.98. The average molecular weight is 602 g/mol. The molecule has 1 aliphatic rings. The lowest BCUT2D eigenvalue weighted by Crippen LogP contribution is -2.44. The summed E-state index contributed by atoms with van der Waals surface area (Å²) in [4.78, 5) is 36.6. The highest BCUT2D eigenvalue weighted by atomic mass is 79.9. The van der Waals surface area contributed by atoms with Crippen molar-refractivity contribution in [2.24, 2.45) is 0 Å². The molecule has 2 amide bonds. The molecule has 0 spiro atoms. The van der Waals surface area contributed by atoms with Crippen molar-refractivity contribution in [1.82, 2.24) is 5.32 Å². The summed E-state index contributed by atoms with van der Waals surface area (Å²) in [5.41, 5.74) is 4.85. The molecule has 0 bridgehead atoms. The number of alkyl carbamates (subject to hydrolysis) is 1. The summed E-state index contributed by atoms with van der Waals surface area (Å²) in [5.74, 6) is -1.73. The number of benzene rings is 3. The molecule has 0 heterocycles. The molecule has 3 aromatic carbocycles. The Balaban J connectivity index is 1.43. The molecule has 1 aliphatic carbocycles. The quantitative estimate of drug-likeness (QED) is 0.297. The van der Waals surface area contributed by atoms with Crippen LogP contribution in [-0.4, -0.2) is 35.7 Å². The third-order valence-electron chi connectivity index (χ3n) is 5.73. The van der Waals surface area contributed by atoms with Gasteiger partial charge in [-0.25, -0.2) is 4.79 Å². The van der Waals surface area contributed by atoms with E-state index in [2.05, 4.69) is 42.5 Å². The Morgan fingerprint density at radius 2 is 1.49 bits per heavy atom. The van der Waals surface area contributed by atoms with Crippen LogP contribution in [0.15, 0.2) is 75.7 Å². The zero-order valence-electron chi connectivity index (χ0n) is 18.5. The summed E-state index contributed by atoms with van der Waals surface area (Å²) < 4.78 is 7.01. The van der Waals surface area contributed by atoms with Crippen LogP contribution in [0.3, 0.4) is 0 Å². The van der Waals surface area contributed by atoms with Gasteiger partial charge in [0.25, 0.3) is 0 Å². The van der Waals surface area contributed by atoms with E-state index in [-0.39, 0.29) is 25.4 Å². The summed E-state index contributed by atoms with van der Waals surface area (Å²) in [5, 5.41) is 14.3. The Morgan fingerprint density at radius 3 is 2.06 bits per heavy atom. The third kappa shape index (κ3) is 6.10. The van der Waals surface area contributed by atoms with Crippen LogP contribution in [0, 0.1) is 0 Å². The minimum Gasteiger partial charge on any atom is -0.481 e. The molecule has 35 heavy (non-hydrogen) atoms. The van der Waals surface area contributed by atoms with Gasteiger partial charge >= 0.3 is 12.1 Å². The highest BCUT2D eigenvalue weighted by molar-refractivity contribution is 9.11. The minimum absolute atomic E-state index is 0.0828. The highest BCUT2D eigenvalue weighted by Gasteiger charge is 2.30. The van der Waals surface area contributed by atoms with Gasteiger partial charge in [-0.05, 0) is 46.9 Å². The zero-order chi connectivity index (χ0) is 24.9. The lowest BCUT2D eigenvalue weighted by molar-refractivity contribution is -0.137. The molecule has 4 rings (SSSR count). The first kappa shape index (κ1) is 24.9. The van der Waals surface area contributed by atoms with Crippen LogP contribution in [0.25, 0.3) is 11.1 Å². The fraction of sp³-hybridized carbons (Fsp3) is 0.192. The molecule has 0 aliphatic heterocycles. The van der Waals surface area contributed by atoms with Gasteiger partial charge in [-0.15, -0.1) is 0 Å². The van der Waals surface area contributed by atoms with Crippen molar-refractivity contribution in [2.75, 3.05) is 11.9 Å². The van der Waals surface area contributed by atoms with Crippen molar-refractivity contribution >= 4 is 55.5 Å². The smallest absolute Gasteiger partial charge is 0.407 e. The number of ether oxygens (including phenoxy) is 1. The van der Waals surface area contributed by atoms with Gasteiger partial charge in [0.1, 0.15) is 12.6 Å². The molecule has 3 N–H and O–H groups in total. The Morgan fingerprint density at radius 1 is 0.914 bits per heavy atom. The Hall–Kier alpha value is -3.17. The number of halogens is 2. The Bertz CT molecular complexity index is 1210. The standard InChI is InChI=1S/C26H22Br2N2O5/c27-15-11-16(28)13-17(12-15)29-25(33)23(9-10-24(31)32)30-26(34)35-14-22-20-7-3-1-5-18(20)19-6-2-4-8-21(19)22/h1-8,11-13,22-23H,9-10,14H2,(H,29,33)(H,30,34)(H,31,32). The van der Waals surface area contributed by atoms with Gasteiger partial charge in [-0.3, -0.25) is 9.59 Å². The molecule has 0 saturated carbocycles. The van der Waals surface area contributed by atoms with Gasteiger partial charge in [0.15, 0.2) is 0 Å². The molecule has 0 radical (unpaired) electrons. The molecule has 1 atom stereocenters. The average Bonchev–Trinajstić information content (AvgIpc) is 3.13. The summed E-state index contributed by atoms with van der Waals surface area (Å²) >= 11 is 6.71. The molecule has 180 valence electrons. The van der Waals surface area contributed by atoms with Crippen molar-refractivity contribution in [3.63, 3.8) is 0 Å². The first-order valence-corrected chi connectivity index (χ1v) is 12.5. The maximum absolute atomic E-state index is 12.9. The SMILES string of the molecule is O=C(O)CCC(NC(=O)OCC1c2ccccc2-c2ccccc21)C(=O)Nc1cc(Br)cc(Br)c1. The molecular formula is C26H22Br2N2O5. The van der Waals surface area contributed by atoms with E-state index in [0.29, 0.717) is 5.69 Å². The van der Waals surface area contributed by atoms with Crippen LogP contribution in [-0.2, 0) is 14.3 Å². The van der Waals surface area contributed by atoms with E-state index >= 15 is 0 Å². The number of nitrogens with one attached hydrogen (secondary N) is 2. The van der Waals surface area contributed by atoms with E-state index in [1.807, 2.05) is 54.6 Å². The number of carbonyl (C=O) groups excluding carboxylic acids is 2. The van der Waals surface area contributed by atoms with Crippen molar-refractivity contribution in [3.05, 3.63) is 86.8 Å². The van der Waals surface area contributed by atoms with Crippen LogP contribution in [0.5, 0.6) is 0 Å².